The van der Waals surface area contributed by atoms with E-state index < -0.39 is 0 Å². The lowest BCUT2D eigenvalue weighted by Gasteiger charge is -2.32. The van der Waals surface area contributed by atoms with Crippen molar-refractivity contribution < 1.29 is 4.74 Å². The predicted octanol–water partition coefficient (Wildman–Crippen LogP) is 4.47. The summed E-state index contributed by atoms with van der Waals surface area (Å²) in [5.74, 6) is 0.657. The van der Waals surface area contributed by atoms with Crippen molar-refractivity contribution in [1.82, 2.24) is 0 Å². The maximum absolute atomic E-state index is 5.39. The molecule has 0 spiro atoms. The first-order valence-corrected chi connectivity index (χ1v) is 7.38. The summed E-state index contributed by atoms with van der Waals surface area (Å²) in [6.07, 6.45) is 1.28. The monoisotopic (exact) mass is 260 g/mol. The fourth-order valence-electron chi connectivity index (χ4n) is 3.60. The van der Waals surface area contributed by atoms with Gasteiger partial charge in [-0.05, 0) is 46.8 Å². The van der Waals surface area contributed by atoms with Crippen molar-refractivity contribution in [1.29, 1.82) is 0 Å². The molecule has 2 unspecified atom stereocenters. The van der Waals surface area contributed by atoms with E-state index in [1.807, 2.05) is 0 Å². The zero-order valence-electron chi connectivity index (χ0n) is 13.5. The fraction of sp³-hybridized carbons (Fsp3) is 0.667. The van der Waals surface area contributed by atoms with Crippen LogP contribution in [0.4, 0.5) is 0 Å². The molecule has 0 heterocycles. The second kappa shape index (κ2) is 4.63. The lowest BCUT2D eigenvalue weighted by Crippen LogP contribution is -2.30. The van der Waals surface area contributed by atoms with Crippen LogP contribution in [0.3, 0.4) is 0 Å². The Morgan fingerprint density at radius 2 is 1.68 bits per heavy atom. The Hall–Kier alpha value is -0.820. The van der Waals surface area contributed by atoms with Crippen LogP contribution in [-0.4, -0.2) is 13.2 Å². The van der Waals surface area contributed by atoms with Gasteiger partial charge in [0, 0.05) is 7.11 Å². The largest absolute Gasteiger partial charge is 0.381 e. The van der Waals surface area contributed by atoms with E-state index in [2.05, 4.69) is 59.7 Å². The molecule has 0 aliphatic heterocycles. The molecule has 0 N–H and O–H groups in total. The second-order valence-corrected chi connectivity index (χ2v) is 7.30. The van der Waals surface area contributed by atoms with E-state index in [0.717, 1.165) is 6.42 Å². The van der Waals surface area contributed by atoms with E-state index in [0.29, 0.717) is 5.92 Å². The molecule has 2 rings (SSSR count). The normalized spacial score (nSPS) is 25.1. The molecule has 0 bridgehead atoms. The number of hydrogen-bond donors (Lipinski definition) is 0. The number of methoxy groups -OCH3 is 1. The van der Waals surface area contributed by atoms with Crippen molar-refractivity contribution in [2.75, 3.05) is 7.11 Å². The van der Waals surface area contributed by atoms with Crippen molar-refractivity contribution in [2.45, 2.75) is 64.9 Å². The van der Waals surface area contributed by atoms with Gasteiger partial charge in [0.1, 0.15) is 0 Å². The van der Waals surface area contributed by atoms with Crippen LogP contribution in [0.5, 0.6) is 0 Å². The molecule has 1 aliphatic carbocycles. The van der Waals surface area contributed by atoms with Gasteiger partial charge in [0.25, 0.3) is 0 Å². The minimum absolute atomic E-state index is 0.255. The highest BCUT2D eigenvalue weighted by Gasteiger charge is 2.48. The topological polar surface area (TPSA) is 9.23 Å². The summed E-state index contributed by atoms with van der Waals surface area (Å²) in [6, 6.07) is 7.04. The summed E-state index contributed by atoms with van der Waals surface area (Å²) < 4.78 is 5.39. The first-order chi connectivity index (χ1) is 8.71. The van der Waals surface area contributed by atoms with Crippen molar-refractivity contribution in [3.05, 3.63) is 34.9 Å². The van der Waals surface area contributed by atoms with E-state index in [-0.39, 0.29) is 16.9 Å². The van der Waals surface area contributed by atoms with E-state index in [9.17, 15) is 0 Å². The van der Waals surface area contributed by atoms with Crippen molar-refractivity contribution in [2.24, 2.45) is 5.92 Å². The van der Waals surface area contributed by atoms with Crippen molar-refractivity contribution in [3.63, 3.8) is 0 Å². The fourth-order valence-corrected chi connectivity index (χ4v) is 3.60. The van der Waals surface area contributed by atoms with Crippen LogP contribution in [0.1, 0.15) is 58.2 Å². The van der Waals surface area contributed by atoms with E-state index in [1.165, 1.54) is 16.7 Å². The molecule has 2 atom stereocenters. The molecule has 1 nitrogen and oxygen atoms in total. The number of hydrogen-bond acceptors (Lipinski definition) is 1. The van der Waals surface area contributed by atoms with Gasteiger partial charge in [0.15, 0.2) is 0 Å². The summed E-state index contributed by atoms with van der Waals surface area (Å²) in [5, 5.41) is 0. The van der Waals surface area contributed by atoms with Crippen LogP contribution in [0.15, 0.2) is 18.2 Å². The third-order valence-corrected chi connectivity index (χ3v) is 5.56. The van der Waals surface area contributed by atoms with Gasteiger partial charge in [-0.1, -0.05) is 52.8 Å². The molecule has 0 aromatic heterocycles. The Labute approximate surface area is 118 Å². The average Bonchev–Trinajstić information content (AvgIpc) is 2.48. The Morgan fingerprint density at radius 3 is 2.26 bits per heavy atom. The van der Waals surface area contributed by atoms with E-state index >= 15 is 0 Å². The smallest absolute Gasteiger partial charge is 0.0583 e. The summed E-state index contributed by atoms with van der Waals surface area (Å²) in [7, 11) is 1.78. The van der Waals surface area contributed by atoms with Crippen LogP contribution in [0, 0.1) is 5.92 Å². The highest BCUT2D eigenvalue weighted by molar-refractivity contribution is 5.48. The Balaban J connectivity index is 2.44. The zero-order chi connectivity index (χ0) is 14.4. The van der Waals surface area contributed by atoms with Crippen LogP contribution in [0.2, 0.25) is 0 Å². The van der Waals surface area contributed by atoms with Gasteiger partial charge >= 0.3 is 0 Å². The van der Waals surface area contributed by atoms with E-state index in [4.69, 9.17) is 4.74 Å². The highest BCUT2D eigenvalue weighted by atomic mass is 16.5. The van der Waals surface area contributed by atoms with E-state index in [1.54, 1.807) is 7.11 Å². The first-order valence-electron chi connectivity index (χ1n) is 7.38. The van der Waals surface area contributed by atoms with Crippen LogP contribution < -0.4 is 0 Å². The highest BCUT2D eigenvalue weighted by Crippen LogP contribution is 2.53. The maximum atomic E-state index is 5.39. The van der Waals surface area contributed by atoms with Gasteiger partial charge in [0.05, 0.1) is 6.10 Å². The summed E-state index contributed by atoms with van der Waals surface area (Å²) >= 11 is 0. The van der Waals surface area contributed by atoms with Gasteiger partial charge in [-0.25, -0.2) is 0 Å². The standard InChI is InChI=1S/C18H28O/c1-12(19-7)10-14-8-9-15-16(11-14)18(5,6)13(2)17(15,3)4/h8-9,11-13H,10H2,1-7H3. The Kier molecular flexibility index (Phi) is 3.55. The molecular weight excluding hydrogens is 232 g/mol. The predicted molar refractivity (Wildman–Crippen MR) is 81.8 cm³/mol. The third-order valence-electron chi connectivity index (χ3n) is 5.56. The molecule has 1 aromatic rings. The SMILES string of the molecule is COC(C)Cc1ccc2c(c1)C(C)(C)C(C)C2(C)C. The molecule has 1 aromatic carbocycles. The number of rotatable bonds is 3. The van der Waals surface area contributed by atoms with Gasteiger partial charge in [-0.2, -0.15) is 0 Å². The van der Waals surface area contributed by atoms with Crippen LogP contribution >= 0.6 is 0 Å². The number of fused-ring (bicyclic) bond motifs is 1. The van der Waals surface area contributed by atoms with Crippen LogP contribution in [-0.2, 0) is 22.0 Å². The Bertz CT molecular complexity index is 471. The molecule has 0 saturated heterocycles. The summed E-state index contributed by atoms with van der Waals surface area (Å²) in [4.78, 5) is 0. The van der Waals surface area contributed by atoms with Gasteiger partial charge < -0.3 is 4.74 Å². The maximum Gasteiger partial charge on any atom is 0.0583 e. The molecule has 106 valence electrons. The van der Waals surface area contributed by atoms with Crippen molar-refractivity contribution in [3.8, 4) is 0 Å². The van der Waals surface area contributed by atoms with Gasteiger partial charge in [-0.3, -0.25) is 0 Å². The van der Waals surface area contributed by atoms with Crippen LogP contribution in [0.25, 0.3) is 0 Å². The number of ether oxygens (including phenoxy) is 1. The average molecular weight is 260 g/mol. The minimum atomic E-state index is 0.255. The molecule has 0 fully saturated rings. The quantitative estimate of drug-likeness (QED) is 0.779. The molecule has 1 aliphatic rings. The molecule has 0 radical (unpaired) electrons. The minimum Gasteiger partial charge on any atom is -0.381 e. The molecular formula is C18H28O. The summed E-state index contributed by atoms with van der Waals surface area (Å²) in [6.45, 7) is 14.0. The lowest BCUT2D eigenvalue weighted by molar-refractivity contribution is 0.119. The molecule has 0 saturated carbocycles. The number of benzene rings is 1. The summed E-state index contributed by atoms with van der Waals surface area (Å²) in [5.41, 5.74) is 4.98. The van der Waals surface area contributed by atoms with Gasteiger partial charge in [0.2, 0.25) is 0 Å². The second-order valence-electron chi connectivity index (χ2n) is 7.30. The molecule has 1 heteroatoms. The zero-order valence-corrected chi connectivity index (χ0v) is 13.5. The first kappa shape index (κ1) is 14.6. The lowest BCUT2D eigenvalue weighted by atomic mass is 9.71. The molecule has 0 amide bonds. The van der Waals surface area contributed by atoms with Gasteiger partial charge in [-0.15, -0.1) is 0 Å². The molecule has 19 heavy (non-hydrogen) atoms. The third kappa shape index (κ3) is 2.23. The van der Waals surface area contributed by atoms with Crippen molar-refractivity contribution >= 4 is 0 Å². The Morgan fingerprint density at radius 1 is 1.11 bits per heavy atom.